The van der Waals surface area contributed by atoms with Crippen LogP contribution >= 0.6 is 0 Å². The molecule has 3 saturated carbocycles. The molecule has 3 heteroatoms. The number of hydrogen-bond acceptors (Lipinski definition) is 3. The van der Waals surface area contributed by atoms with Crippen LogP contribution in [0.4, 0.5) is 0 Å². The third kappa shape index (κ3) is 1.14. The number of Topliss-reactive ketones (excluding diaryl/α,β-unsaturated/α-hetero) is 1. The molecule has 2 aromatic heterocycles. The van der Waals surface area contributed by atoms with Crippen molar-refractivity contribution in [2.75, 3.05) is 0 Å². The number of carbonyl (C=O) groups excluding carboxylic acids is 1. The summed E-state index contributed by atoms with van der Waals surface area (Å²) in [4.78, 5) is 22.3. The van der Waals surface area contributed by atoms with Gasteiger partial charge in [0.1, 0.15) is 5.78 Å². The Morgan fingerprint density at radius 1 is 0.917 bits per heavy atom. The van der Waals surface area contributed by atoms with E-state index in [-0.39, 0.29) is 5.92 Å². The zero-order valence-corrected chi connectivity index (χ0v) is 13.1. The summed E-state index contributed by atoms with van der Waals surface area (Å²) in [5, 5.41) is 2.34. The summed E-state index contributed by atoms with van der Waals surface area (Å²) in [6, 6.07) is 10.8. The predicted molar refractivity (Wildman–Crippen MR) is 90.7 cm³/mol. The van der Waals surface area contributed by atoms with E-state index in [1.807, 2.05) is 12.3 Å². The Bertz CT molecular complexity index is 1090. The van der Waals surface area contributed by atoms with E-state index in [2.05, 4.69) is 29.2 Å². The van der Waals surface area contributed by atoms with Crippen molar-refractivity contribution in [3.63, 3.8) is 0 Å². The van der Waals surface area contributed by atoms with E-state index >= 15 is 0 Å². The zero-order valence-electron chi connectivity index (χ0n) is 13.1. The molecule has 6 atom stereocenters. The predicted octanol–water partition coefficient (Wildman–Crippen LogP) is 3.82. The highest BCUT2D eigenvalue weighted by Gasteiger charge is 2.68. The molecule has 0 N–H and O–H groups in total. The number of nitrogens with zero attached hydrogens (tertiary/aromatic N) is 2. The molecule has 0 spiro atoms. The second-order valence-corrected chi connectivity index (χ2v) is 8.15. The molecule has 3 aromatic rings. The van der Waals surface area contributed by atoms with Crippen molar-refractivity contribution in [3.05, 3.63) is 47.8 Å². The summed E-state index contributed by atoms with van der Waals surface area (Å²) in [7, 11) is 0. The molecule has 3 fully saturated rings. The average Bonchev–Trinajstić information content (AvgIpc) is 3.26. The van der Waals surface area contributed by atoms with E-state index in [1.54, 1.807) is 0 Å². The molecule has 24 heavy (non-hydrogen) atoms. The van der Waals surface area contributed by atoms with Crippen LogP contribution in [0, 0.1) is 23.7 Å². The number of hydrogen-bond donors (Lipinski definition) is 0. The summed E-state index contributed by atoms with van der Waals surface area (Å²) in [5.41, 5.74) is 4.69. The molecule has 0 saturated heterocycles. The van der Waals surface area contributed by atoms with Crippen molar-refractivity contribution in [2.45, 2.75) is 24.7 Å². The largest absolute Gasteiger partial charge is 0.299 e. The Labute approximate surface area is 139 Å². The van der Waals surface area contributed by atoms with Crippen LogP contribution in [-0.2, 0) is 4.79 Å². The molecule has 116 valence electrons. The van der Waals surface area contributed by atoms with E-state index in [0.717, 1.165) is 22.8 Å². The zero-order chi connectivity index (χ0) is 15.6. The molecule has 4 unspecified atom stereocenters. The summed E-state index contributed by atoms with van der Waals surface area (Å²) in [6.07, 6.45) is 3.92. The highest BCUT2D eigenvalue weighted by Crippen LogP contribution is 2.73. The normalized spacial score (nSPS) is 37.8. The Morgan fingerprint density at radius 3 is 2.79 bits per heavy atom. The Morgan fingerprint density at radius 2 is 1.83 bits per heavy atom. The van der Waals surface area contributed by atoms with Gasteiger partial charge in [0, 0.05) is 40.9 Å². The van der Waals surface area contributed by atoms with E-state index in [0.29, 0.717) is 35.4 Å². The molecule has 2 heterocycles. The van der Waals surface area contributed by atoms with E-state index in [4.69, 9.17) is 4.98 Å². The fraction of sp³-hybridized carbons (Fsp3) is 0.381. The lowest BCUT2D eigenvalue weighted by Gasteiger charge is -2.24. The number of benzene rings is 1. The molecule has 7 rings (SSSR count). The second kappa shape index (κ2) is 3.69. The number of ketones is 1. The third-order valence-electron chi connectivity index (χ3n) is 7.43. The second-order valence-electron chi connectivity index (χ2n) is 8.15. The van der Waals surface area contributed by atoms with Crippen LogP contribution in [0.15, 0.2) is 36.5 Å². The Hall–Kier alpha value is -2.29. The molecule has 3 nitrogen and oxygen atoms in total. The van der Waals surface area contributed by atoms with Crippen LogP contribution in [0.25, 0.3) is 21.8 Å². The molecular weight excluding hydrogens is 296 g/mol. The van der Waals surface area contributed by atoms with Crippen LogP contribution < -0.4 is 0 Å². The van der Waals surface area contributed by atoms with Gasteiger partial charge in [-0.2, -0.15) is 0 Å². The van der Waals surface area contributed by atoms with Crippen LogP contribution in [0.3, 0.4) is 0 Å². The maximum absolute atomic E-state index is 12.5. The van der Waals surface area contributed by atoms with E-state index in [9.17, 15) is 4.79 Å². The van der Waals surface area contributed by atoms with Crippen molar-refractivity contribution in [3.8, 4) is 0 Å². The topological polar surface area (TPSA) is 42.9 Å². The minimum Gasteiger partial charge on any atom is -0.299 e. The van der Waals surface area contributed by atoms with Gasteiger partial charge in [-0.1, -0.05) is 18.2 Å². The first-order valence-corrected chi connectivity index (χ1v) is 9.02. The van der Waals surface area contributed by atoms with Gasteiger partial charge in [-0.15, -0.1) is 0 Å². The SMILES string of the molecule is O=C1CC2C3c4cc5ccc6cccnc6c5nc4C4C1[C@@H]2C[C@@H]34. The molecule has 4 aliphatic carbocycles. The van der Waals surface area contributed by atoms with Crippen LogP contribution in [-0.4, -0.2) is 15.8 Å². The summed E-state index contributed by atoms with van der Waals surface area (Å²) >= 11 is 0. The summed E-state index contributed by atoms with van der Waals surface area (Å²) in [5.74, 6) is 3.69. The van der Waals surface area contributed by atoms with Crippen molar-refractivity contribution in [1.29, 1.82) is 0 Å². The number of fused-ring (bicyclic) bond motifs is 8. The Kier molecular flexibility index (Phi) is 1.86. The van der Waals surface area contributed by atoms with Gasteiger partial charge in [-0.25, -0.2) is 4.98 Å². The fourth-order valence-electron chi connectivity index (χ4n) is 6.79. The minimum absolute atomic E-state index is 0.269. The standard InChI is InChI=1S/C21H16N2O/c24-15-8-12-11-7-13-16(12)14-6-10-4-3-9-2-1-5-22-19(9)20(10)23-21(14)18(13)17(11)15/h1-6,11-13,16-18H,7-8H2/t11-,12?,13+,16?,17?,18?/m1/s1. The van der Waals surface area contributed by atoms with Gasteiger partial charge in [0.2, 0.25) is 0 Å². The van der Waals surface area contributed by atoms with E-state index in [1.165, 1.54) is 23.1 Å². The van der Waals surface area contributed by atoms with Crippen molar-refractivity contribution in [1.82, 2.24) is 9.97 Å². The lowest BCUT2D eigenvalue weighted by atomic mass is 9.78. The highest BCUT2D eigenvalue weighted by molar-refractivity contribution is 6.03. The lowest BCUT2D eigenvalue weighted by Crippen LogP contribution is -2.21. The first kappa shape index (κ1) is 12.1. The highest BCUT2D eigenvalue weighted by atomic mass is 16.1. The first-order valence-electron chi connectivity index (χ1n) is 9.02. The smallest absolute Gasteiger partial charge is 0.137 e. The van der Waals surface area contributed by atoms with Gasteiger partial charge in [-0.3, -0.25) is 9.78 Å². The quantitative estimate of drug-likeness (QED) is 0.593. The molecule has 0 aliphatic heterocycles. The molecule has 0 amide bonds. The molecular formula is C21H16N2O. The summed E-state index contributed by atoms with van der Waals surface area (Å²) < 4.78 is 0. The monoisotopic (exact) mass is 312 g/mol. The number of aromatic nitrogens is 2. The van der Waals surface area contributed by atoms with Gasteiger partial charge in [0.25, 0.3) is 0 Å². The van der Waals surface area contributed by atoms with Gasteiger partial charge >= 0.3 is 0 Å². The molecule has 4 aliphatic rings. The number of carbonyl (C=O) groups is 1. The van der Waals surface area contributed by atoms with Gasteiger partial charge < -0.3 is 0 Å². The molecule has 2 bridgehead atoms. The van der Waals surface area contributed by atoms with Gasteiger partial charge in [0.15, 0.2) is 0 Å². The fourth-order valence-corrected chi connectivity index (χ4v) is 6.79. The molecule has 1 aromatic carbocycles. The maximum Gasteiger partial charge on any atom is 0.137 e. The first-order chi connectivity index (χ1) is 11.8. The van der Waals surface area contributed by atoms with E-state index < -0.39 is 0 Å². The van der Waals surface area contributed by atoms with Gasteiger partial charge in [-0.05, 0) is 47.8 Å². The van der Waals surface area contributed by atoms with Crippen LogP contribution in [0.2, 0.25) is 0 Å². The third-order valence-corrected chi connectivity index (χ3v) is 7.43. The lowest BCUT2D eigenvalue weighted by molar-refractivity contribution is -0.121. The van der Waals surface area contributed by atoms with Crippen molar-refractivity contribution < 1.29 is 4.79 Å². The van der Waals surface area contributed by atoms with Crippen molar-refractivity contribution >= 4 is 27.6 Å². The summed E-state index contributed by atoms with van der Waals surface area (Å²) in [6.45, 7) is 0. The molecule has 0 radical (unpaired) electrons. The average molecular weight is 312 g/mol. The van der Waals surface area contributed by atoms with Gasteiger partial charge in [0.05, 0.1) is 11.0 Å². The van der Waals surface area contributed by atoms with Crippen molar-refractivity contribution in [2.24, 2.45) is 23.7 Å². The Balaban J connectivity index is 1.58. The number of pyridine rings is 2. The minimum atomic E-state index is 0.269. The number of rotatable bonds is 0. The van der Waals surface area contributed by atoms with Crippen LogP contribution in [0.5, 0.6) is 0 Å². The maximum atomic E-state index is 12.5. The van der Waals surface area contributed by atoms with Crippen LogP contribution in [0.1, 0.15) is 35.9 Å².